The van der Waals surface area contributed by atoms with Crippen LogP contribution in [0.15, 0.2) is 47.7 Å². The van der Waals surface area contributed by atoms with E-state index in [1.54, 1.807) is 0 Å². The van der Waals surface area contributed by atoms with E-state index in [4.69, 9.17) is 4.99 Å². The van der Waals surface area contributed by atoms with Gasteiger partial charge in [-0.25, -0.2) is 9.98 Å². The maximum absolute atomic E-state index is 11.9. The number of hydrogen-bond acceptors (Lipinski definition) is 3. The molecule has 1 atom stereocenters. The lowest BCUT2D eigenvalue weighted by molar-refractivity contribution is -0.129. The van der Waals surface area contributed by atoms with Crippen molar-refractivity contribution in [3.8, 4) is 0 Å². The molecule has 3 rings (SSSR count). The van der Waals surface area contributed by atoms with Crippen molar-refractivity contribution in [2.45, 2.75) is 52.2 Å². The van der Waals surface area contributed by atoms with Crippen LogP contribution in [0.5, 0.6) is 0 Å². The third-order valence-corrected chi connectivity index (χ3v) is 5.19. The summed E-state index contributed by atoms with van der Waals surface area (Å²) in [4.78, 5) is 23.0. The highest BCUT2D eigenvalue weighted by Gasteiger charge is 2.25. The van der Waals surface area contributed by atoms with Crippen LogP contribution in [0.25, 0.3) is 0 Å². The highest BCUT2D eigenvalue weighted by molar-refractivity contribution is 5.80. The fourth-order valence-corrected chi connectivity index (χ4v) is 3.58. The van der Waals surface area contributed by atoms with E-state index >= 15 is 0 Å². The lowest BCUT2D eigenvalue weighted by atomic mass is 10.1. The number of aromatic nitrogens is 2. The Morgan fingerprint density at radius 3 is 2.86 bits per heavy atom. The van der Waals surface area contributed by atoms with E-state index in [1.165, 1.54) is 5.56 Å². The molecule has 29 heavy (non-hydrogen) atoms. The number of amides is 1. The summed E-state index contributed by atoms with van der Waals surface area (Å²) in [5, 5.41) is 6.78. The van der Waals surface area contributed by atoms with Gasteiger partial charge >= 0.3 is 0 Å². The van der Waals surface area contributed by atoms with Crippen molar-refractivity contribution in [3.63, 3.8) is 0 Å². The Balaban J connectivity index is 1.56. The molecule has 0 aliphatic carbocycles. The van der Waals surface area contributed by atoms with Crippen LogP contribution >= 0.6 is 0 Å². The number of rotatable bonds is 8. The second-order valence-electron chi connectivity index (χ2n) is 7.29. The SMILES string of the molecule is CCNC(=NCc1nccn1CCc1ccccc1)NC1CCN(C(=O)CC)C1. The fraction of sp³-hybridized carbons (Fsp3) is 0.500. The van der Waals surface area contributed by atoms with Gasteiger partial charge in [-0.05, 0) is 25.3 Å². The molecule has 1 saturated heterocycles. The van der Waals surface area contributed by atoms with Crippen LogP contribution in [0.1, 0.15) is 38.1 Å². The van der Waals surface area contributed by atoms with Crippen LogP contribution < -0.4 is 10.6 Å². The normalized spacial score (nSPS) is 16.8. The van der Waals surface area contributed by atoms with Crippen LogP contribution in [0.3, 0.4) is 0 Å². The summed E-state index contributed by atoms with van der Waals surface area (Å²) in [6, 6.07) is 10.7. The zero-order chi connectivity index (χ0) is 20.5. The smallest absolute Gasteiger partial charge is 0.222 e. The van der Waals surface area contributed by atoms with Crippen molar-refractivity contribution >= 4 is 11.9 Å². The van der Waals surface area contributed by atoms with Crippen LogP contribution in [0.2, 0.25) is 0 Å². The largest absolute Gasteiger partial charge is 0.357 e. The number of imidazole rings is 1. The predicted octanol–water partition coefficient (Wildman–Crippen LogP) is 2.19. The van der Waals surface area contributed by atoms with Crippen LogP contribution in [-0.4, -0.2) is 52.0 Å². The summed E-state index contributed by atoms with van der Waals surface area (Å²) < 4.78 is 2.16. The first kappa shape index (κ1) is 20.9. The molecule has 2 N–H and O–H groups in total. The summed E-state index contributed by atoms with van der Waals surface area (Å²) in [5.74, 6) is 1.95. The number of likely N-dealkylation sites (tertiary alicyclic amines) is 1. The summed E-state index contributed by atoms with van der Waals surface area (Å²) in [7, 11) is 0. The second kappa shape index (κ2) is 10.6. The van der Waals surface area contributed by atoms with Crippen molar-refractivity contribution in [1.82, 2.24) is 25.1 Å². The average Bonchev–Trinajstić information content (AvgIpc) is 3.40. The molecule has 0 saturated carbocycles. The van der Waals surface area contributed by atoms with Gasteiger partial charge in [0, 0.05) is 51.0 Å². The number of aliphatic imine (C=N–C) groups is 1. The minimum absolute atomic E-state index is 0.219. The van der Waals surface area contributed by atoms with Crippen molar-refractivity contribution < 1.29 is 4.79 Å². The highest BCUT2D eigenvalue weighted by atomic mass is 16.2. The predicted molar refractivity (Wildman–Crippen MR) is 116 cm³/mol. The van der Waals surface area contributed by atoms with Gasteiger partial charge in [0.2, 0.25) is 5.91 Å². The fourth-order valence-electron chi connectivity index (χ4n) is 3.58. The topological polar surface area (TPSA) is 74.6 Å². The van der Waals surface area contributed by atoms with Gasteiger partial charge in [0.25, 0.3) is 0 Å². The molecule has 1 aromatic carbocycles. The van der Waals surface area contributed by atoms with Gasteiger partial charge in [-0.15, -0.1) is 0 Å². The molecule has 7 heteroatoms. The number of hydrogen-bond donors (Lipinski definition) is 2. The molecule has 1 unspecified atom stereocenters. The Bertz CT molecular complexity index is 801. The lowest BCUT2D eigenvalue weighted by Gasteiger charge is -2.18. The maximum Gasteiger partial charge on any atom is 0.222 e. The molecule has 2 heterocycles. The Hall–Kier alpha value is -2.83. The number of guanidine groups is 1. The molecule has 1 aromatic heterocycles. The Kier molecular flexibility index (Phi) is 7.67. The molecule has 0 radical (unpaired) electrons. The Morgan fingerprint density at radius 1 is 1.28 bits per heavy atom. The molecule has 1 aliphatic heterocycles. The molecular formula is C22H32N6O. The van der Waals surface area contributed by atoms with Gasteiger partial charge in [0.05, 0.1) is 0 Å². The molecule has 156 valence electrons. The molecular weight excluding hydrogens is 364 g/mol. The first-order valence-electron chi connectivity index (χ1n) is 10.6. The molecule has 1 aliphatic rings. The van der Waals surface area contributed by atoms with Crippen LogP contribution in [0.4, 0.5) is 0 Å². The molecule has 1 fully saturated rings. The van der Waals surface area contributed by atoms with E-state index in [2.05, 4.69) is 51.4 Å². The quantitative estimate of drug-likeness (QED) is 0.530. The second-order valence-corrected chi connectivity index (χ2v) is 7.29. The zero-order valence-electron chi connectivity index (χ0n) is 17.5. The third-order valence-electron chi connectivity index (χ3n) is 5.19. The van der Waals surface area contributed by atoms with Crippen LogP contribution in [0, 0.1) is 0 Å². The van der Waals surface area contributed by atoms with E-state index in [1.807, 2.05) is 30.3 Å². The van der Waals surface area contributed by atoms with E-state index in [0.29, 0.717) is 13.0 Å². The third kappa shape index (κ3) is 6.07. The number of carbonyl (C=O) groups is 1. The average molecular weight is 397 g/mol. The van der Waals surface area contributed by atoms with Gasteiger partial charge in [0.1, 0.15) is 12.4 Å². The first-order valence-corrected chi connectivity index (χ1v) is 10.6. The molecule has 0 spiro atoms. The molecule has 2 aromatic rings. The van der Waals surface area contributed by atoms with Crippen molar-refractivity contribution in [1.29, 1.82) is 0 Å². The lowest BCUT2D eigenvalue weighted by Crippen LogP contribution is -2.45. The van der Waals surface area contributed by atoms with Crippen LogP contribution in [-0.2, 0) is 24.3 Å². The zero-order valence-corrected chi connectivity index (χ0v) is 17.5. The van der Waals surface area contributed by atoms with Crippen molar-refractivity contribution in [3.05, 3.63) is 54.1 Å². The highest BCUT2D eigenvalue weighted by Crippen LogP contribution is 2.11. The summed E-state index contributed by atoms with van der Waals surface area (Å²) >= 11 is 0. The minimum Gasteiger partial charge on any atom is -0.357 e. The van der Waals surface area contributed by atoms with Crippen molar-refractivity contribution in [2.24, 2.45) is 4.99 Å². The molecule has 0 bridgehead atoms. The maximum atomic E-state index is 11.9. The molecule has 1 amide bonds. The monoisotopic (exact) mass is 396 g/mol. The first-order chi connectivity index (χ1) is 14.2. The standard InChI is InChI=1S/C22H32N6O/c1-3-21(29)28-14-11-19(17-28)26-22(23-4-2)25-16-20-24-12-15-27(20)13-10-18-8-6-5-7-9-18/h5-9,12,15,19H,3-4,10-11,13-14,16-17H2,1-2H3,(H2,23,25,26). The van der Waals surface area contributed by atoms with Gasteiger partial charge in [0.15, 0.2) is 5.96 Å². The summed E-state index contributed by atoms with van der Waals surface area (Å²) in [6.45, 7) is 7.71. The summed E-state index contributed by atoms with van der Waals surface area (Å²) in [6.07, 6.45) is 6.32. The van der Waals surface area contributed by atoms with E-state index in [0.717, 1.165) is 50.8 Å². The van der Waals surface area contributed by atoms with E-state index in [9.17, 15) is 4.79 Å². The molecule has 7 nitrogen and oxygen atoms in total. The number of nitrogens with one attached hydrogen (secondary N) is 2. The number of aryl methyl sites for hydroxylation is 2. The number of nitrogens with zero attached hydrogens (tertiary/aromatic N) is 4. The minimum atomic E-state index is 0.219. The van der Waals surface area contributed by atoms with E-state index < -0.39 is 0 Å². The summed E-state index contributed by atoms with van der Waals surface area (Å²) in [5.41, 5.74) is 1.32. The van der Waals surface area contributed by atoms with Crippen molar-refractivity contribution in [2.75, 3.05) is 19.6 Å². The van der Waals surface area contributed by atoms with Gasteiger partial charge < -0.3 is 20.1 Å². The van der Waals surface area contributed by atoms with Gasteiger partial charge in [-0.2, -0.15) is 0 Å². The Labute approximate surface area is 173 Å². The number of benzene rings is 1. The van der Waals surface area contributed by atoms with Gasteiger partial charge in [-0.1, -0.05) is 37.3 Å². The van der Waals surface area contributed by atoms with Gasteiger partial charge in [-0.3, -0.25) is 4.79 Å². The van der Waals surface area contributed by atoms with E-state index in [-0.39, 0.29) is 11.9 Å². The Morgan fingerprint density at radius 2 is 2.10 bits per heavy atom. The number of carbonyl (C=O) groups excluding carboxylic acids is 1.